The molecule has 0 aliphatic heterocycles. The molecule has 88 valence electrons. The Morgan fingerprint density at radius 2 is 1.87 bits per heavy atom. The van der Waals surface area contributed by atoms with Gasteiger partial charge in [0.1, 0.15) is 0 Å². The van der Waals surface area contributed by atoms with Gasteiger partial charge in [0, 0.05) is 17.7 Å². The van der Waals surface area contributed by atoms with Crippen LogP contribution in [0.5, 0.6) is 0 Å². The summed E-state index contributed by atoms with van der Waals surface area (Å²) in [5, 5.41) is 0. The number of alkyl halides is 1. The highest BCUT2D eigenvalue weighted by molar-refractivity contribution is 6.17. The molecule has 0 aromatic rings. The van der Waals surface area contributed by atoms with Gasteiger partial charge in [-0.25, -0.2) is 4.79 Å². The molecule has 0 aliphatic carbocycles. The SMILES string of the molecule is C/C(N)=C\C(=O)OCCCCCCCCl. The van der Waals surface area contributed by atoms with Crippen molar-refractivity contribution in [2.45, 2.75) is 39.0 Å². The minimum Gasteiger partial charge on any atom is -0.462 e. The van der Waals surface area contributed by atoms with Crippen LogP contribution >= 0.6 is 11.6 Å². The van der Waals surface area contributed by atoms with Crippen molar-refractivity contribution in [3.8, 4) is 0 Å². The Bertz CT molecular complexity index is 201. The van der Waals surface area contributed by atoms with E-state index in [1.807, 2.05) is 0 Å². The van der Waals surface area contributed by atoms with Gasteiger partial charge in [0.15, 0.2) is 0 Å². The molecule has 0 aromatic heterocycles. The van der Waals surface area contributed by atoms with Crippen LogP contribution in [-0.4, -0.2) is 18.5 Å². The van der Waals surface area contributed by atoms with Crippen LogP contribution in [-0.2, 0) is 9.53 Å². The van der Waals surface area contributed by atoms with Crippen molar-refractivity contribution in [2.75, 3.05) is 12.5 Å². The maximum absolute atomic E-state index is 11.0. The lowest BCUT2D eigenvalue weighted by atomic mass is 10.2. The molecule has 0 atom stereocenters. The fourth-order valence-corrected chi connectivity index (χ4v) is 1.32. The molecule has 0 unspecified atom stereocenters. The average Bonchev–Trinajstić information content (AvgIpc) is 2.15. The van der Waals surface area contributed by atoms with E-state index in [2.05, 4.69) is 0 Å². The van der Waals surface area contributed by atoms with Crippen LogP contribution in [0.4, 0.5) is 0 Å². The first-order chi connectivity index (χ1) is 7.16. The highest BCUT2D eigenvalue weighted by Gasteiger charge is 1.97. The summed E-state index contributed by atoms with van der Waals surface area (Å²) in [7, 11) is 0. The number of hydrogen-bond acceptors (Lipinski definition) is 3. The van der Waals surface area contributed by atoms with Gasteiger partial charge >= 0.3 is 5.97 Å². The van der Waals surface area contributed by atoms with Crippen molar-refractivity contribution in [3.63, 3.8) is 0 Å². The number of carbonyl (C=O) groups excluding carboxylic acids is 1. The first-order valence-corrected chi connectivity index (χ1v) is 5.86. The molecule has 0 heterocycles. The van der Waals surface area contributed by atoms with Crippen molar-refractivity contribution in [2.24, 2.45) is 5.73 Å². The second kappa shape index (κ2) is 9.84. The standard InChI is InChI=1S/C11H20ClNO2/c1-10(13)9-11(14)15-8-6-4-2-3-5-7-12/h9H,2-8,13H2,1H3/b10-9+. The molecular formula is C11H20ClNO2. The smallest absolute Gasteiger partial charge is 0.332 e. The van der Waals surface area contributed by atoms with E-state index in [-0.39, 0.29) is 5.97 Å². The summed E-state index contributed by atoms with van der Waals surface area (Å²) in [6, 6.07) is 0. The van der Waals surface area contributed by atoms with E-state index in [1.54, 1.807) is 6.92 Å². The monoisotopic (exact) mass is 233 g/mol. The van der Waals surface area contributed by atoms with Gasteiger partial charge in [-0.15, -0.1) is 11.6 Å². The third kappa shape index (κ3) is 11.2. The molecule has 0 saturated carbocycles. The lowest BCUT2D eigenvalue weighted by molar-refractivity contribution is -0.137. The van der Waals surface area contributed by atoms with Crippen LogP contribution in [0, 0.1) is 0 Å². The maximum Gasteiger partial charge on any atom is 0.332 e. The normalized spacial score (nSPS) is 11.5. The van der Waals surface area contributed by atoms with Gasteiger partial charge in [-0.2, -0.15) is 0 Å². The molecule has 0 spiro atoms. The summed E-state index contributed by atoms with van der Waals surface area (Å²) >= 11 is 5.54. The zero-order valence-electron chi connectivity index (χ0n) is 9.30. The van der Waals surface area contributed by atoms with Crippen molar-refractivity contribution >= 4 is 17.6 Å². The van der Waals surface area contributed by atoms with Gasteiger partial charge in [-0.1, -0.05) is 19.3 Å². The summed E-state index contributed by atoms with van der Waals surface area (Å²) in [6.07, 6.45) is 6.65. The third-order valence-corrected chi connectivity index (χ3v) is 2.14. The van der Waals surface area contributed by atoms with E-state index >= 15 is 0 Å². The third-order valence-electron chi connectivity index (χ3n) is 1.87. The van der Waals surface area contributed by atoms with E-state index in [0.29, 0.717) is 12.3 Å². The summed E-state index contributed by atoms with van der Waals surface area (Å²) in [5.74, 6) is 0.381. The van der Waals surface area contributed by atoms with Crippen molar-refractivity contribution in [3.05, 3.63) is 11.8 Å². The van der Waals surface area contributed by atoms with Crippen LogP contribution in [0.25, 0.3) is 0 Å². The zero-order valence-corrected chi connectivity index (χ0v) is 10.1. The number of esters is 1. The number of allylic oxidation sites excluding steroid dienone is 1. The topological polar surface area (TPSA) is 52.3 Å². The maximum atomic E-state index is 11.0. The van der Waals surface area contributed by atoms with Gasteiger partial charge < -0.3 is 10.5 Å². The average molecular weight is 234 g/mol. The lowest BCUT2D eigenvalue weighted by Crippen LogP contribution is -2.05. The van der Waals surface area contributed by atoms with Gasteiger partial charge in [0.25, 0.3) is 0 Å². The predicted molar refractivity (Wildman–Crippen MR) is 62.7 cm³/mol. The molecule has 15 heavy (non-hydrogen) atoms. The number of nitrogens with two attached hydrogens (primary N) is 1. The fraction of sp³-hybridized carbons (Fsp3) is 0.727. The molecule has 0 fully saturated rings. The zero-order chi connectivity index (χ0) is 11.5. The van der Waals surface area contributed by atoms with Crippen LogP contribution in [0.1, 0.15) is 39.0 Å². The Morgan fingerprint density at radius 3 is 2.47 bits per heavy atom. The Kier molecular flexibility index (Phi) is 9.38. The Morgan fingerprint density at radius 1 is 1.27 bits per heavy atom. The van der Waals surface area contributed by atoms with Crippen LogP contribution in [0.2, 0.25) is 0 Å². The van der Waals surface area contributed by atoms with E-state index < -0.39 is 0 Å². The van der Waals surface area contributed by atoms with Crippen LogP contribution in [0.15, 0.2) is 11.8 Å². The molecule has 4 heteroatoms. The van der Waals surface area contributed by atoms with Crippen molar-refractivity contribution in [1.82, 2.24) is 0 Å². The molecule has 0 aromatic carbocycles. The molecule has 2 N–H and O–H groups in total. The van der Waals surface area contributed by atoms with E-state index in [9.17, 15) is 4.79 Å². The van der Waals surface area contributed by atoms with Crippen molar-refractivity contribution < 1.29 is 9.53 Å². The van der Waals surface area contributed by atoms with Gasteiger partial charge in [0.2, 0.25) is 0 Å². The minimum absolute atomic E-state index is 0.351. The minimum atomic E-state index is -0.351. The lowest BCUT2D eigenvalue weighted by Gasteiger charge is -2.02. The molecule has 0 aliphatic rings. The number of ether oxygens (including phenoxy) is 1. The summed E-state index contributed by atoms with van der Waals surface area (Å²) in [6.45, 7) is 2.14. The second-order valence-electron chi connectivity index (χ2n) is 3.51. The second-order valence-corrected chi connectivity index (χ2v) is 3.89. The summed E-state index contributed by atoms with van der Waals surface area (Å²) in [4.78, 5) is 11.0. The predicted octanol–water partition coefficient (Wildman–Crippen LogP) is 2.58. The highest BCUT2D eigenvalue weighted by atomic mass is 35.5. The van der Waals surface area contributed by atoms with Crippen LogP contribution < -0.4 is 5.73 Å². The largest absolute Gasteiger partial charge is 0.462 e. The fourth-order valence-electron chi connectivity index (χ4n) is 1.13. The number of hydrogen-bond donors (Lipinski definition) is 1. The van der Waals surface area contributed by atoms with Crippen LogP contribution in [0.3, 0.4) is 0 Å². The molecule has 0 rings (SSSR count). The summed E-state index contributed by atoms with van der Waals surface area (Å²) < 4.78 is 4.94. The summed E-state index contributed by atoms with van der Waals surface area (Å²) in [5.41, 5.74) is 5.80. The molecule has 0 amide bonds. The van der Waals surface area contributed by atoms with Gasteiger partial charge in [-0.3, -0.25) is 0 Å². The van der Waals surface area contributed by atoms with Crippen molar-refractivity contribution in [1.29, 1.82) is 0 Å². The molecule has 0 bridgehead atoms. The molecule has 3 nitrogen and oxygen atoms in total. The number of unbranched alkanes of at least 4 members (excludes halogenated alkanes) is 4. The number of rotatable bonds is 8. The van der Waals surface area contributed by atoms with E-state index in [4.69, 9.17) is 22.1 Å². The van der Waals surface area contributed by atoms with E-state index in [0.717, 1.165) is 38.0 Å². The van der Waals surface area contributed by atoms with Gasteiger partial charge in [-0.05, 0) is 19.8 Å². The first-order valence-electron chi connectivity index (χ1n) is 5.33. The number of halogens is 1. The molecule has 0 saturated heterocycles. The van der Waals surface area contributed by atoms with Gasteiger partial charge in [0.05, 0.1) is 6.61 Å². The first kappa shape index (κ1) is 14.3. The molecule has 0 radical (unpaired) electrons. The Balaban J connectivity index is 3.24. The Hall–Kier alpha value is -0.700. The Labute approximate surface area is 96.6 Å². The highest BCUT2D eigenvalue weighted by Crippen LogP contribution is 2.04. The van der Waals surface area contributed by atoms with E-state index in [1.165, 1.54) is 6.08 Å². The number of carbonyl (C=O) groups is 1. The quantitative estimate of drug-likeness (QED) is 0.303. The molecular weight excluding hydrogens is 214 g/mol.